The molecule has 0 spiro atoms. The van der Waals surface area contributed by atoms with Gasteiger partial charge in [-0.25, -0.2) is 13.6 Å². The lowest BCUT2D eigenvalue weighted by atomic mass is 10.1. The van der Waals surface area contributed by atoms with E-state index in [0.29, 0.717) is 43.8 Å². The molecular formula is C22H12F2N4S2. The van der Waals surface area contributed by atoms with E-state index >= 15 is 0 Å². The Morgan fingerprint density at radius 3 is 1.93 bits per heavy atom. The van der Waals surface area contributed by atoms with Crippen molar-refractivity contribution >= 4 is 27.3 Å². The molecule has 30 heavy (non-hydrogen) atoms. The van der Waals surface area contributed by atoms with Crippen LogP contribution in [0.25, 0.3) is 27.4 Å². The van der Waals surface area contributed by atoms with E-state index in [2.05, 4.69) is 20.9 Å². The number of nitrogens with one attached hydrogen (secondary N) is 2. The minimum absolute atomic E-state index is 0.352. The highest BCUT2D eigenvalue weighted by Gasteiger charge is 2.17. The molecule has 0 bridgehead atoms. The maximum atomic E-state index is 14.1. The van der Waals surface area contributed by atoms with Crippen LogP contribution in [0.1, 0.15) is 5.56 Å². The van der Waals surface area contributed by atoms with Crippen molar-refractivity contribution in [2.45, 2.75) is 10.1 Å². The molecule has 0 aliphatic rings. The molecule has 0 atom stereocenters. The largest absolute Gasteiger partial charge is 0.359 e. The Bertz CT molecular complexity index is 1210. The van der Waals surface area contributed by atoms with Crippen LogP contribution in [0.2, 0.25) is 0 Å². The van der Waals surface area contributed by atoms with Gasteiger partial charge in [-0.2, -0.15) is 5.26 Å². The van der Waals surface area contributed by atoms with Gasteiger partial charge in [-0.15, -0.1) is 0 Å². The smallest absolute Gasteiger partial charge is 0.219 e. The van der Waals surface area contributed by atoms with Gasteiger partial charge in [0.05, 0.1) is 22.9 Å². The van der Waals surface area contributed by atoms with Crippen LogP contribution in [0.4, 0.5) is 14.5 Å². The minimum atomic E-state index is -0.387. The zero-order valence-electron chi connectivity index (χ0n) is 15.2. The SMILES string of the molecule is [C-]#[N+]c1cc(-c2ccccc2F)[nH]c1SSc1[nH]c(-c2ccccc2F)cc1C#N. The van der Waals surface area contributed by atoms with Crippen LogP contribution >= 0.6 is 21.6 Å². The van der Waals surface area contributed by atoms with Gasteiger partial charge in [-0.05, 0) is 58.0 Å². The molecule has 4 rings (SSSR count). The van der Waals surface area contributed by atoms with E-state index in [4.69, 9.17) is 6.57 Å². The molecule has 146 valence electrons. The van der Waals surface area contributed by atoms with Gasteiger partial charge in [0, 0.05) is 16.8 Å². The Morgan fingerprint density at radius 2 is 1.37 bits per heavy atom. The summed E-state index contributed by atoms with van der Waals surface area (Å²) in [5.74, 6) is -0.771. The molecule has 0 amide bonds. The summed E-state index contributed by atoms with van der Waals surface area (Å²) < 4.78 is 28.2. The van der Waals surface area contributed by atoms with E-state index < -0.39 is 0 Å². The fourth-order valence-corrected chi connectivity index (χ4v) is 5.02. The first-order valence-electron chi connectivity index (χ1n) is 8.68. The lowest BCUT2D eigenvalue weighted by Gasteiger charge is -2.02. The summed E-state index contributed by atoms with van der Waals surface area (Å²) in [5.41, 5.74) is 2.46. The van der Waals surface area contributed by atoms with Crippen LogP contribution < -0.4 is 0 Å². The summed E-state index contributed by atoms with van der Waals surface area (Å²) in [5, 5.41) is 10.5. The van der Waals surface area contributed by atoms with Crippen LogP contribution in [-0.2, 0) is 0 Å². The molecular weight excluding hydrogens is 422 g/mol. The molecule has 2 aromatic carbocycles. The van der Waals surface area contributed by atoms with Crippen molar-refractivity contribution in [3.8, 4) is 28.6 Å². The Morgan fingerprint density at radius 1 is 0.833 bits per heavy atom. The predicted octanol–water partition coefficient (Wildman–Crippen LogP) is 7.18. The van der Waals surface area contributed by atoms with Crippen molar-refractivity contribution in [3.05, 3.63) is 89.3 Å². The number of halogens is 2. The number of nitrogens with zero attached hydrogens (tertiary/aromatic N) is 2. The van der Waals surface area contributed by atoms with Crippen LogP contribution in [-0.4, -0.2) is 9.97 Å². The van der Waals surface area contributed by atoms with Crippen LogP contribution in [0.3, 0.4) is 0 Å². The van der Waals surface area contributed by atoms with Crippen molar-refractivity contribution in [2.75, 3.05) is 0 Å². The molecule has 0 saturated heterocycles. The Labute approximate surface area is 179 Å². The van der Waals surface area contributed by atoms with E-state index in [1.165, 1.54) is 33.7 Å². The van der Waals surface area contributed by atoms with Gasteiger partial charge in [0.15, 0.2) is 0 Å². The van der Waals surface area contributed by atoms with Gasteiger partial charge in [0.1, 0.15) is 22.7 Å². The normalized spacial score (nSPS) is 10.5. The summed E-state index contributed by atoms with van der Waals surface area (Å²) in [7, 11) is 2.47. The molecule has 0 aliphatic heterocycles. The predicted molar refractivity (Wildman–Crippen MR) is 115 cm³/mol. The molecule has 0 aliphatic carbocycles. The average Bonchev–Trinajstić information content (AvgIpc) is 3.36. The van der Waals surface area contributed by atoms with Gasteiger partial charge < -0.3 is 9.97 Å². The molecule has 0 saturated carbocycles. The first kappa shape index (κ1) is 19.8. The van der Waals surface area contributed by atoms with E-state index in [9.17, 15) is 14.0 Å². The number of nitriles is 1. The highest BCUT2D eigenvalue weighted by molar-refractivity contribution is 8.76. The summed E-state index contributed by atoms with van der Waals surface area (Å²) in [6.45, 7) is 7.40. The lowest BCUT2D eigenvalue weighted by Crippen LogP contribution is -1.83. The average molecular weight is 434 g/mol. The first-order chi connectivity index (χ1) is 14.6. The van der Waals surface area contributed by atoms with Gasteiger partial charge >= 0.3 is 0 Å². The Balaban J connectivity index is 1.61. The maximum absolute atomic E-state index is 14.1. The number of aromatic nitrogens is 2. The third-order valence-electron chi connectivity index (χ3n) is 4.32. The first-order valence-corrected chi connectivity index (χ1v) is 10.8. The van der Waals surface area contributed by atoms with Gasteiger partial charge in [-0.3, -0.25) is 0 Å². The fourth-order valence-electron chi connectivity index (χ4n) is 2.89. The third kappa shape index (κ3) is 3.84. The second-order valence-corrected chi connectivity index (χ2v) is 8.32. The summed E-state index contributed by atoms with van der Waals surface area (Å²) in [4.78, 5) is 9.65. The zero-order chi connectivity index (χ0) is 21.1. The second kappa shape index (κ2) is 8.50. The number of H-pyrrole nitrogens is 2. The van der Waals surface area contributed by atoms with E-state index in [-0.39, 0.29) is 11.6 Å². The number of hydrogen-bond acceptors (Lipinski definition) is 3. The maximum Gasteiger partial charge on any atom is 0.219 e. The highest BCUT2D eigenvalue weighted by Crippen LogP contribution is 2.44. The van der Waals surface area contributed by atoms with Crippen LogP contribution in [0.5, 0.6) is 0 Å². The highest BCUT2D eigenvalue weighted by atomic mass is 33.1. The quantitative estimate of drug-likeness (QED) is 0.258. The van der Waals surface area contributed by atoms with Crippen LogP contribution in [0.15, 0.2) is 70.7 Å². The van der Waals surface area contributed by atoms with E-state index in [0.717, 1.165) is 0 Å². The molecule has 2 N–H and O–H groups in total. The summed E-state index contributed by atoms with van der Waals surface area (Å²) >= 11 is 0. The van der Waals surface area contributed by atoms with Crippen molar-refractivity contribution in [2.24, 2.45) is 0 Å². The van der Waals surface area contributed by atoms with Crippen molar-refractivity contribution in [1.82, 2.24) is 9.97 Å². The topological polar surface area (TPSA) is 59.7 Å². The molecule has 2 heterocycles. The van der Waals surface area contributed by atoms with Crippen molar-refractivity contribution < 1.29 is 8.78 Å². The van der Waals surface area contributed by atoms with Crippen molar-refractivity contribution in [1.29, 1.82) is 5.26 Å². The standard InChI is InChI=1S/C22H12F2N4S2/c1-26-20-11-19(15-7-3-5-9-17(15)24)28-22(20)30-29-21-13(12-25)10-18(27-21)14-6-2-4-8-16(14)23/h2-11,27-28H. The number of aromatic amines is 2. The fraction of sp³-hybridized carbons (Fsp3) is 0. The molecule has 4 aromatic rings. The second-order valence-electron chi connectivity index (χ2n) is 6.17. The number of rotatable bonds is 5. The zero-order valence-corrected chi connectivity index (χ0v) is 16.9. The third-order valence-corrected chi connectivity index (χ3v) is 6.62. The Hall–Kier alpha value is -3.46. The van der Waals surface area contributed by atoms with Crippen molar-refractivity contribution in [3.63, 3.8) is 0 Å². The molecule has 8 heteroatoms. The van der Waals surface area contributed by atoms with Crippen LogP contribution in [0, 0.1) is 29.5 Å². The summed E-state index contributed by atoms with van der Waals surface area (Å²) in [6, 6.07) is 17.9. The summed E-state index contributed by atoms with van der Waals surface area (Å²) in [6.07, 6.45) is 0. The number of benzene rings is 2. The number of hydrogen-bond donors (Lipinski definition) is 2. The molecule has 0 fully saturated rings. The van der Waals surface area contributed by atoms with Gasteiger partial charge in [0.25, 0.3) is 0 Å². The van der Waals surface area contributed by atoms with E-state index in [1.807, 2.05) is 0 Å². The monoisotopic (exact) mass is 434 g/mol. The molecule has 4 nitrogen and oxygen atoms in total. The molecule has 2 aromatic heterocycles. The minimum Gasteiger partial charge on any atom is -0.359 e. The van der Waals surface area contributed by atoms with Gasteiger partial charge in [0.2, 0.25) is 5.69 Å². The lowest BCUT2D eigenvalue weighted by molar-refractivity contribution is 0.630. The van der Waals surface area contributed by atoms with E-state index in [1.54, 1.807) is 48.5 Å². The molecule has 0 radical (unpaired) electrons. The molecule has 0 unspecified atom stereocenters. The van der Waals surface area contributed by atoms with Gasteiger partial charge in [-0.1, -0.05) is 24.3 Å². The Kier molecular flexibility index (Phi) is 5.62.